The SMILES string of the molecule is O=c1c2c(-c3ccc(Cl)cc3)n(-c3ccc(Cl)cc3Cl)[nH]c-2cn1C1CCCCC1. The topological polar surface area (TPSA) is 42.7 Å². The fourth-order valence-electron chi connectivity index (χ4n) is 4.46. The fourth-order valence-corrected chi connectivity index (χ4v) is 5.08. The second kappa shape index (κ2) is 7.84. The van der Waals surface area contributed by atoms with Gasteiger partial charge in [0.15, 0.2) is 0 Å². The van der Waals surface area contributed by atoms with Crippen molar-refractivity contribution in [2.75, 3.05) is 0 Å². The van der Waals surface area contributed by atoms with Crippen molar-refractivity contribution in [2.24, 2.45) is 0 Å². The Hall–Kier alpha value is -2.14. The summed E-state index contributed by atoms with van der Waals surface area (Å²) in [7, 11) is 0. The van der Waals surface area contributed by atoms with Gasteiger partial charge in [0.25, 0.3) is 5.56 Å². The number of benzene rings is 2. The van der Waals surface area contributed by atoms with Gasteiger partial charge < -0.3 is 4.57 Å². The minimum Gasteiger partial charge on any atom is -0.310 e. The van der Waals surface area contributed by atoms with E-state index >= 15 is 0 Å². The third kappa shape index (κ3) is 3.37. The Kier molecular flexibility index (Phi) is 5.18. The molecule has 0 atom stereocenters. The molecule has 7 heteroatoms. The number of nitrogens with one attached hydrogen (secondary N) is 1. The van der Waals surface area contributed by atoms with Crippen LogP contribution < -0.4 is 5.56 Å². The van der Waals surface area contributed by atoms with Crippen molar-refractivity contribution in [1.29, 1.82) is 0 Å². The highest BCUT2D eigenvalue weighted by Gasteiger charge is 2.28. The fraction of sp³-hybridized carbons (Fsp3) is 0.261. The summed E-state index contributed by atoms with van der Waals surface area (Å²) in [6.45, 7) is 0. The van der Waals surface area contributed by atoms with Crippen LogP contribution in [0.2, 0.25) is 15.1 Å². The van der Waals surface area contributed by atoms with Crippen LogP contribution in [0.25, 0.3) is 28.2 Å². The molecule has 1 N–H and O–H groups in total. The van der Waals surface area contributed by atoms with Gasteiger partial charge in [0, 0.05) is 27.8 Å². The quantitative estimate of drug-likeness (QED) is 0.345. The van der Waals surface area contributed by atoms with Crippen LogP contribution in [0.1, 0.15) is 38.1 Å². The molecule has 2 heterocycles. The first-order valence-electron chi connectivity index (χ1n) is 10.1. The lowest BCUT2D eigenvalue weighted by atomic mass is 9.95. The second-order valence-corrected chi connectivity index (χ2v) is 9.10. The second-order valence-electron chi connectivity index (χ2n) is 7.82. The van der Waals surface area contributed by atoms with Crippen molar-refractivity contribution in [1.82, 2.24) is 14.3 Å². The van der Waals surface area contributed by atoms with E-state index in [1.54, 1.807) is 12.1 Å². The number of hydrogen-bond acceptors (Lipinski definition) is 1. The van der Waals surface area contributed by atoms with E-state index in [0.717, 1.165) is 35.5 Å². The monoisotopic (exact) mass is 459 g/mol. The van der Waals surface area contributed by atoms with Gasteiger partial charge in [-0.25, -0.2) is 0 Å². The molecule has 0 spiro atoms. The van der Waals surface area contributed by atoms with E-state index in [1.165, 1.54) is 19.3 Å². The zero-order valence-electron chi connectivity index (χ0n) is 16.2. The highest BCUT2D eigenvalue weighted by Crippen LogP contribution is 2.38. The van der Waals surface area contributed by atoms with Gasteiger partial charge in [-0.05, 0) is 43.2 Å². The summed E-state index contributed by atoms with van der Waals surface area (Å²) >= 11 is 18.7. The first-order chi connectivity index (χ1) is 14.5. The van der Waals surface area contributed by atoms with E-state index in [9.17, 15) is 4.79 Å². The van der Waals surface area contributed by atoms with Crippen LogP contribution in [0, 0.1) is 0 Å². The predicted molar refractivity (Wildman–Crippen MR) is 124 cm³/mol. The Morgan fingerprint density at radius 3 is 2.30 bits per heavy atom. The highest BCUT2D eigenvalue weighted by atomic mass is 35.5. The maximum atomic E-state index is 13.5. The number of H-pyrrole nitrogens is 1. The Morgan fingerprint density at radius 1 is 0.900 bits per heavy atom. The molecule has 1 aliphatic carbocycles. The van der Waals surface area contributed by atoms with Gasteiger partial charge >= 0.3 is 0 Å². The van der Waals surface area contributed by atoms with E-state index in [2.05, 4.69) is 5.10 Å². The first kappa shape index (κ1) is 19.8. The molecule has 0 amide bonds. The molecule has 2 aromatic rings. The van der Waals surface area contributed by atoms with Crippen molar-refractivity contribution in [3.63, 3.8) is 0 Å². The minimum atomic E-state index is 0.0296. The van der Waals surface area contributed by atoms with Crippen LogP contribution in [0.4, 0.5) is 0 Å². The van der Waals surface area contributed by atoms with Crippen molar-refractivity contribution >= 4 is 34.8 Å². The minimum absolute atomic E-state index is 0.0296. The van der Waals surface area contributed by atoms with E-state index in [1.807, 2.05) is 45.8 Å². The van der Waals surface area contributed by atoms with Gasteiger partial charge in [-0.3, -0.25) is 14.6 Å². The molecule has 5 rings (SSSR count). The molecule has 30 heavy (non-hydrogen) atoms. The zero-order chi connectivity index (χ0) is 20.8. The summed E-state index contributed by atoms with van der Waals surface area (Å²) in [5.74, 6) is 0. The maximum absolute atomic E-state index is 13.5. The third-order valence-electron chi connectivity index (χ3n) is 5.91. The van der Waals surface area contributed by atoms with Crippen molar-refractivity contribution in [2.45, 2.75) is 38.1 Å². The molecular formula is C23H20Cl3N3O. The summed E-state index contributed by atoms with van der Waals surface area (Å²) in [6, 6.07) is 13.1. The lowest BCUT2D eigenvalue weighted by Gasteiger charge is -2.22. The number of halogens is 3. The number of rotatable bonds is 3. The average molecular weight is 461 g/mol. The molecular weight excluding hydrogens is 441 g/mol. The van der Waals surface area contributed by atoms with Crippen molar-refractivity contribution < 1.29 is 0 Å². The van der Waals surface area contributed by atoms with Gasteiger partial charge in [-0.2, -0.15) is 0 Å². The number of fused-ring (bicyclic) bond motifs is 1. The summed E-state index contributed by atoms with van der Waals surface area (Å²) in [4.78, 5) is 13.5. The van der Waals surface area contributed by atoms with Crippen LogP contribution >= 0.6 is 34.8 Å². The summed E-state index contributed by atoms with van der Waals surface area (Å²) in [5.41, 5.74) is 3.86. The summed E-state index contributed by atoms with van der Waals surface area (Å²) in [5, 5.41) is 5.09. The largest absolute Gasteiger partial charge is 0.310 e. The third-order valence-corrected chi connectivity index (χ3v) is 6.70. The molecule has 4 nitrogen and oxygen atoms in total. The van der Waals surface area contributed by atoms with Crippen molar-refractivity contribution in [3.8, 4) is 28.2 Å². The lowest BCUT2D eigenvalue weighted by molar-refractivity contribution is 0.349. The Balaban J connectivity index is 1.75. The van der Waals surface area contributed by atoms with E-state index in [4.69, 9.17) is 34.8 Å². The normalized spacial score (nSPS) is 15.2. The van der Waals surface area contributed by atoms with Crippen LogP contribution in [0.15, 0.2) is 53.5 Å². The number of aromatic nitrogens is 3. The molecule has 1 saturated carbocycles. The molecule has 0 aromatic heterocycles. The van der Waals surface area contributed by atoms with Gasteiger partial charge in [0.1, 0.15) is 0 Å². The zero-order valence-corrected chi connectivity index (χ0v) is 18.4. The number of nitrogens with zero attached hydrogens (tertiary/aromatic N) is 2. The van der Waals surface area contributed by atoms with Gasteiger partial charge in [-0.1, -0.05) is 66.2 Å². The van der Waals surface area contributed by atoms with Gasteiger partial charge in [0.2, 0.25) is 0 Å². The smallest absolute Gasteiger partial charge is 0.262 e. The first-order valence-corrected chi connectivity index (χ1v) is 11.2. The Bertz CT molecular complexity index is 1230. The Morgan fingerprint density at radius 2 is 1.60 bits per heavy atom. The number of aromatic amines is 1. The molecule has 3 aliphatic rings. The van der Waals surface area contributed by atoms with Gasteiger partial charge in [0.05, 0.1) is 27.7 Å². The van der Waals surface area contributed by atoms with Crippen LogP contribution in [0.5, 0.6) is 0 Å². The van der Waals surface area contributed by atoms with Gasteiger partial charge in [-0.15, -0.1) is 0 Å². The predicted octanol–water partition coefficient (Wildman–Crippen LogP) is 7.20. The summed E-state index contributed by atoms with van der Waals surface area (Å²) in [6.07, 6.45) is 7.63. The standard InChI is InChI=1S/C23H20Cl3N3O/c24-15-8-6-14(7-9-15)22-21-19(13-28(23(21)30)17-4-2-1-3-5-17)27-29(22)20-11-10-16(25)12-18(20)26/h6-13,17,27H,1-5H2. The molecule has 154 valence electrons. The van der Waals surface area contributed by atoms with E-state index in [0.29, 0.717) is 20.6 Å². The molecule has 2 aliphatic heterocycles. The molecule has 2 aromatic carbocycles. The van der Waals surface area contributed by atoms with Crippen LogP contribution in [-0.4, -0.2) is 14.3 Å². The molecule has 1 fully saturated rings. The van der Waals surface area contributed by atoms with E-state index < -0.39 is 0 Å². The molecule has 0 saturated heterocycles. The van der Waals surface area contributed by atoms with Crippen LogP contribution in [0.3, 0.4) is 0 Å². The Labute approximate surface area is 189 Å². The molecule has 0 bridgehead atoms. The molecule has 0 unspecified atom stereocenters. The van der Waals surface area contributed by atoms with Crippen molar-refractivity contribution in [3.05, 3.63) is 74.1 Å². The average Bonchev–Trinajstić information content (AvgIpc) is 3.26. The number of hydrogen-bond donors (Lipinski definition) is 1. The lowest BCUT2D eigenvalue weighted by Crippen LogP contribution is -2.22. The van der Waals surface area contributed by atoms with Crippen LogP contribution in [-0.2, 0) is 0 Å². The summed E-state index contributed by atoms with van der Waals surface area (Å²) < 4.78 is 3.77. The van der Waals surface area contributed by atoms with E-state index in [-0.39, 0.29) is 11.6 Å². The highest BCUT2D eigenvalue weighted by molar-refractivity contribution is 6.35. The maximum Gasteiger partial charge on any atom is 0.262 e. The molecule has 0 radical (unpaired) electrons.